The second-order valence-corrected chi connectivity index (χ2v) is 19.6. The van der Waals surface area contributed by atoms with E-state index in [2.05, 4.69) is 203 Å². The Morgan fingerprint density at radius 1 is 0.577 bits per heavy atom. The fraction of sp³-hybridized carbons (Fsp3) is 0.262. The summed E-state index contributed by atoms with van der Waals surface area (Å²) in [7, 11) is 2.25. The fourth-order valence-electron chi connectivity index (χ4n) is 11.5. The third-order valence-electron chi connectivity index (χ3n) is 15.8. The summed E-state index contributed by atoms with van der Waals surface area (Å²) in [5, 5.41) is 8.62. The van der Waals surface area contributed by atoms with Crippen LogP contribution in [0.1, 0.15) is 79.2 Å². The highest BCUT2D eigenvalue weighted by molar-refractivity contribution is 6.18. The van der Waals surface area contributed by atoms with Crippen LogP contribution in [0.3, 0.4) is 0 Å². The van der Waals surface area contributed by atoms with Crippen LogP contribution >= 0.6 is 0 Å². The molecular formula is C65H64N2O4. The van der Waals surface area contributed by atoms with Crippen LogP contribution in [0.25, 0.3) is 98.9 Å². The summed E-state index contributed by atoms with van der Waals surface area (Å²) in [6, 6.07) is 43.9. The Morgan fingerprint density at radius 3 is 1.65 bits per heavy atom. The van der Waals surface area contributed by atoms with E-state index >= 15 is 0 Å². The maximum atomic E-state index is 6.52. The van der Waals surface area contributed by atoms with Gasteiger partial charge >= 0.3 is 0 Å². The van der Waals surface area contributed by atoms with E-state index in [1.807, 2.05) is 13.8 Å². The number of benzene rings is 7. The lowest BCUT2D eigenvalue weighted by Gasteiger charge is -2.44. The molecule has 11 aromatic rings. The SMILES string of the molecule is C=CC(C(CCC)N(C)c1ccc2oc3cc4oc5ccc(-c6ccc7oc8cc9oc%10ccc(N%11C/C=C\C/C=C\Cc%12ccccc%12%11)cc%10c9cc8c7c6)cc5c4cc3c2c1)C(C)(CC)CC.CC. The average molecular weight is 937 g/mol. The highest BCUT2D eigenvalue weighted by atomic mass is 16.3. The first-order chi connectivity index (χ1) is 34.7. The Hall–Kier alpha value is -7.44. The molecule has 0 fully saturated rings. The van der Waals surface area contributed by atoms with E-state index in [1.54, 1.807) is 0 Å². The molecule has 0 spiro atoms. The van der Waals surface area contributed by atoms with Crippen molar-refractivity contribution in [3.8, 4) is 11.1 Å². The van der Waals surface area contributed by atoms with Gasteiger partial charge in [0.1, 0.15) is 44.7 Å². The second-order valence-electron chi connectivity index (χ2n) is 19.6. The van der Waals surface area contributed by atoms with E-state index in [-0.39, 0.29) is 5.41 Å². The van der Waals surface area contributed by atoms with Gasteiger partial charge in [-0.25, -0.2) is 0 Å². The minimum atomic E-state index is 0.178. The minimum Gasteiger partial charge on any atom is -0.456 e. The summed E-state index contributed by atoms with van der Waals surface area (Å²) in [5.41, 5.74) is 13.9. The van der Waals surface area contributed by atoms with Crippen LogP contribution in [0, 0.1) is 11.3 Å². The second kappa shape index (κ2) is 18.7. The quantitative estimate of drug-likeness (QED) is 0.120. The average Bonchev–Trinajstić information content (AvgIpc) is 4.17. The lowest BCUT2D eigenvalue weighted by Crippen LogP contribution is -2.44. The summed E-state index contributed by atoms with van der Waals surface area (Å²) in [6.07, 6.45) is 17.5. The van der Waals surface area contributed by atoms with Gasteiger partial charge in [-0.05, 0) is 120 Å². The molecule has 0 N–H and O–H groups in total. The summed E-state index contributed by atoms with van der Waals surface area (Å²) in [4.78, 5) is 4.90. The topological polar surface area (TPSA) is 59.0 Å². The monoisotopic (exact) mass is 936 g/mol. The van der Waals surface area contributed by atoms with Gasteiger partial charge in [0.2, 0.25) is 0 Å². The molecule has 71 heavy (non-hydrogen) atoms. The van der Waals surface area contributed by atoms with Crippen LogP contribution in [0.5, 0.6) is 0 Å². The van der Waals surface area contributed by atoms with E-state index in [0.29, 0.717) is 12.0 Å². The van der Waals surface area contributed by atoms with Gasteiger partial charge in [-0.2, -0.15) is 0 Å². The molecule has 12 rings (SSSR count). The third-order valence-corrected chi connectivity index (χ3v) is 15.8. The highest BCUT2D eigenvalue weighted by Gasteiger charge is 2.36. The molecule has 2 unspecified atom stereocenters. The molecule has 0 radical (unpaired) electrons. The first-order valence-electron chi connectivity index (χ1n) is 25.9. The smallest absolute Gasteiger partial charge is 0.139 e. The van der Waals surface area contributed by atoms with Crippen molar-refractivity contribution in [1.29, 1.82) is 0 Å². The zero-order chi connectivity index (χ0) is 49.0. The molecule has 6 nitrogen and oxygen atoms in total. The Bertz CT molecular complexity index is 3850. The van der Waals surface area contributed by atoms with Crippen molar-refractivity contribution in [2.45, 2.75) is 86.1 Å². The lowest BCUT2D eigenvalue weighted by atomic mass is 9.68. The molecule has 358 valence electrons. The van der Waals surface area contributed by atoms with E-state index in [9.17, 15) is 0 Å². The minimum absolute atomic E-state index is 0.178. The summed E-state index contributed by atoms with van der Waals surface area (Å²) >= 11 is 0. The predicted molar refractivity (Wildman–Crippen MR) is 302 cm³/mol. The van der Waals surface area contributed by atoms with E-state index < -0.39 is 0 Å². The zero-order valence-electron chi connectivity index (χ0n) is 42.3. The molecule has 0 bridgehead atoms. The van der Waals surface area contributed by atoms with E-state index in [4.69, 9.17) is 17.7 Å². The van der Waals surface area contributed by atoms with Crippen molar-refractivity contribution in [2.24, 2.45) is 11.3 Å². The Balaban J connectivity index is 0.00000270. The van der Waals surface area contributed by atoms with Crippen LogP contribution in [-0.4, -0.2) is 19.6 Å². The van der Waals surface area contributed by atoms with Crippen molar-refractivity contribution in [3.05, 3.63) is 164 Å². The van der Waals surface area contributed by atoms with Crippen molar-refractivity contribution >= 4 is 105 Å². The Labute approximate surface area is 416 Å². The van der Waals surface area contributed by atoms with Crippen LogP contribution in [0.4, 0.5) is 17.1 Å². The lowest BCUT2D eigenvalue weighted by molar-refractivity contribution is 0.173. The van der Waals surface area contributed by atoms with Gasteiger partial charge in [0.25, 0.3) is 0 Å². The van der Waals surface area contributed by atoms with Gasteiger partial charge in [0, 0.05) is 97.8 Å². The van der Waals surface area contributed by atoms with Crippen molar-refractivity contribution in [3.63, 3.8) is 0 Å². The van der Waals surface area contributed by atoms with E-state index in [0.717, 1.165) is 150 Å². The van der Waals surface area contributed by atoms with Crippen LogP contribution in [0.2, 0.25) is 0 Å². The molecule has 0 amide bonds. The van der Waals surface area contributed by atoms with Gasteiger partial charge in [-0.1, -0.05) is 122 Å². The molecule has 2 atom stereocenters. The fourth-order valence-corrected chi connectivity index (χ4v) is 11.5. The first kappa shape index (κ1) is 46.0. The van der Waals surface area contributed by atoms with Crippen LogP contribution in [0.15, 0.2) is 176 Å². The maximum absolute atomic E-state index is 6.52. The number of furan rings is 4. The maximum Gasteiger partial charge on any atom is 0.139 e. The highest BCUT2D eigenvalue weighted by Crippen LogP contribution is 2.45. The molecule has 0 saturated carbocycles. The van der Waals surface area contributed by atoms with Gasteiger partial charge in [-0.15, -0.1) is 6.58 Å². The normalized spacial score (nSPS) is 15.2. The Morgan fingerprint density at radius 2 is 1.08 bits per heavy atom. The number of fused-ring (bicyclic) bond motifs is 13. The molecule has 6 heteroatoms. The Kier molecular flexibility index (Phi) is 12.1. The van der Waals surface area contributed by atoms with E-state index in [1.165, 1.54) is 16.9 Å². The van der Waals surface area contributed by atoms with Gasteiger partial charge in [0.05, 0.1) is 0 Å². The first-order valence-corrected chi connectivity index (χ1v) is 25.9. The largest absolute Gasteiger partial charge is 0.456 e. The number of hydrogen-bond acceptors (Lipinski definition) is 6. The molecule has 0 aliphatic carbocycles. The van der Waals surface area contributed by atoms with Crippen molar-refractivity contribution in [1.82, 2.24) is 0 Å². The van der Waals surface area contributed by atoms with Gasteiger partial charge in [0.15, 0.2) is 0 Å². The number of anilines is 3. The van der Waals surface area contributed by atoms with Crippen molar-refractivity contribution < 1.29 is 17.7 Å². The predicted octanol–water partition coefficient (Wildman–Crippen LogP) is 19.4. The molecule has 5 heterocycles. The van der Waals surface area contributed by atoms with Gasteiger partial charge in [-0.3, -0.25) is 0 Å². The molecule has 7 aromatic carbocycles. The van der Waals surface area contributed by atoms with Crippen LogP contribution in [-0.2, 0) is 6.42 Å². The zero-order valence-corrected chi connectivity index (χ0v) is 42.3. The summed E-state index contributed by atoms with van der Waals surface area (Å²) in [6.45, 7) is 18.5. The van der Waals surface area contributed by atoms with Gasteiger partial charge < -0.3 is 27.5 Å². The summed E-state index contributed by atoms with van der Waals surface area (Å²) < 4.78 is 26.0. The van der Waals surface area contributed by atoms with Crippen LogP contribution < -0.4 is 9.80 Å². The number of allylic oxidation sites excluding steroid dienone is 3. The third kappa shape index (κ3) is 7.89. The molecular weight excluding hydrogens is 873 g/mol. The molecule has 4 aromatic heterocycles. The molecule has 0 saturated heterocycles. The number of rotatable bonds is 11. The number of para-hydroxylation sites is 1. The number of hydrogen-bond donors (Lipinski definition) is 0. The molecule has 1 aliphatic heterocycles. The summed E-state index contributed by atoms with van der Waals surface area (Å²) in [5.74, 6) is 0.360. The number of nitrogens with zero attached hydrogens (tertiary/aromatic N) is 2. The molecule has 1 aliphatic rings. The van der Waals surface area contributed by atoms with Crippen molar-refractivity contribution in [2.75, 3.05) is 23.4 Å². The standard InChI is InChI=1S/C63H58N2O4.C2H6/c1-7-18-54(52(8-2)63(5,9-3)10-4)64(6)42-24-28-57-46(33-42)50-35-48-44-31-40(22-26-55(44)66-59(48)37-61(50)68-57)41-23-27-56-45(32-41)49-36-51-47-34-43(25-29-58(47)69-62(51)38-60(49)67-56)65-30-17-13-11-12-14-19-39-20-15-16-21-53(39)65;1-2/h8,12-17,20-29,31-38,52,54H,2,7,9-11,18-19,30H2,1,3-6H3;1-2H3/b14-12-,17-13-;.